The van der Waals surface area contributed by atoms with Gasteiger partial charge in [0.2, 0.25) is 0 Å². The van der Waals surface area contributed by atoms with Crippen molar-refractivity contribution in [2.75, 3.05) is 9.80 Å². The molecule has 338 valence electrons. The Hall–Kier alpha value is -6.80. The summed E-state index contributed by atoms with van der Waals surface area (Å²) < 4.78 is 14.7. The highest BCUT2D eigenvalue weighted by Crippen LogP contribution is 2.52. The van der Waals surface area contributed by atoms with Gasteiger partial charge in [0.25, 0.3) is 6.71 Å². The van der Waals surface area contributed by atoms with Crippen LogP contribution < -0.4 is 26.2 Å². The molecule has 0 bridgehead atoms. The molecular formula is C62H53BN2O2S2. The second kappa shape index (κ2) is 14.9. The zero-order chi connectivity index (χ0) is 47.3. The van der Waals surface area contributed by atoms with Gasteiger partial charge in [-0.25, -0.2) is 0 Å². The molecule has 2 aliphatic heterocycles. The van der Waals surface area contributed by atoms with Crippen LogP contribution in [-0.4, -0.2) is 6.71 Å². The van der Waals surface area contributed by atoms with Gasteiger partial charge in [0, 0.05) is 54.0 Å². The van der Waals surface area contributed by atoms with E-state index in [1.54, 1.807) is 0 Å². The molecule has 0 fully saturated rings. The van der Waals surface area contributed by atoms with Gasteiger partial charge in [-0.2, -0.15) is 0 Å². The van der Waals surface area contributed by atoms with E-state index in [0.29, 0.717) is 0 Å². The lowest BCUT2D eigenvalue weighted by Gasteiger charge is -2.43. The molecule has 0 saturated carbocycles. The molecule has 4 nitrogen and oxygen atoms in total. The molecule has 11 aromatic rings. The number of rotatable bonds is 4. The Bertz CT molecular complexity index is 3620. The minimum atomic E-state index is -0.138. The molecule has 6 heterocycles. The first-order valence-electron chi connectivity index (χ1n) is 24.2. The highest BCUT2D eigenvalue weighted by atomic mass is 32.1. The molecule has 2 aliphatic rings. The van der Waals surface area contributed by atoms with Gasteiger partial charge in [-0.1, -0.05) is 147 Å². The van der Waals surface area contributed by atoms with Crippen LogP contribution in [0.5, 0.6) is 0 Å². The number of furan rings is 2. The van der Waals surface area contributed by atoms with Crippen molar-refractivity contribution < 1.29 is 8.83 Å². The van der Waals surface area contributed by atoms with Crippen LogP contribution in [0.1, 0.15) is 79.0 Å². The van der Waals surface area contributed by atoms with Crippen molar-refractivity contribution in [3.05, 3.63) is 175 Å². The highest BCUT2D eigenvalue weighted by Gasteiger charge is 2.48. The lowest BCUT2D eigenvalue weighted by atomic mass is 9.33. The normalized spacial score (nSPS) is 13.8. The zero-order valence-electron chi connectivity index (χ0n) is 40.6. The molecule has 0 aliphatic carbocycles. The number of hydrogen-bond donors (Lipinski definition) is 0. The van der Waals surface area contributed by atoms with Crippen molar-refractivity contribution in [3.8, 4) is 22.3 Å². The smallest absolute Gasteiger partial charge is 0.256 e. The summed E-state index contributed by atoms with van der Waals surface area (Å²) in [6.07, 6.45) is 3.80. The van der Waals surface area contributed by atoms with Gasteiger partial charge >= 0.3 is 0 Å². The number of hydrogen-bond acceptors (Lipinski definition) is 6. The lowest BCUT2D eigenvalue weighted by Crippen LogP contribution is -2.60. The van der Waals surface area contributed by atoms with Crippen LogP contribution in [0.2, 0.25) is 0 Å². The summed E-state index contributed by atoms with van der Waals surface area (Å²) in [5, 5.41) is 7.51. The topological polar surface area (TPSA) is 32.8 Å². The Kier molecular flexibility index (Phi) is 9.11. The van der Waals surface area contributed by atoms with E-state index in [0.717, 1.165) is 55.6 Å². The molecule has 0 unspecified atom stereocenters. The summed E-state index contributed by atoms with van der Waals surface area (Å²) in [4.78, 5) is 5.20. The third-order valence-electron chi connectivity index (χ3n) is 14.7. The maximum absolute atomic E-state index is 6.05. The molecule has 0 radical (unpaired) electrons. The maximum Gasteiger partial charge on any atom is 0.256 e. The molecule has 0 amide bonds. The predicted octanol–water partition coefficient (Wildman–Crippen LogP) is 16.9. The zero-order valence-corrected chi connectivity index (χ0v) is 42.2. The minimum absolute atomic E-state index is 0.0115. The number of nitrogens with zero attached hydrogens (tertiary/aromatic N) is 2. The number of para-hydroxylation sites is 2. The van der Waals surface area contributed by atoms with E-state index in [-0.39, 0.29) is 23.0 Å². The first-order valence-corrected chi connectivity index (χ1v) is 25.8. The first kappa shape index (κ1) is 42.3. The summed E-state index contributed by atoms with van der Waals surface area (Å²) in [7, 11) is 0. The van der Waals surface area contributed by atoms with E-state index in [4.69, 9.17) is 8.83 Å². The minimum Gasteiger partial charge on any atom is -0.464 e. The van der Waals surface area contributed by atoms with Crippen LogP contribution in [0.25, 0.3) is 64.4 Å². The largest absolute Gasteiger partial charge is 0.464 e. The van der Waals surface area contributed by atoms with Crippen molar-refractivity contribution in [1.82, 2.24) is 0 Å². The average Bonchev–Trinajstić information content (AvgIpc) is 4.13. The number of anilines is 6. The molecule has 4 aromatic heterocycles. The van der Waals surface area contributed by atoms with Crippen LogP contribution >= 0.6 is 22.7 Å². The highest BCUT2D eigenvalue weighted by molar-refractivity contribution is 7.29. The van der Waals surface area contributed by atoms with E-state index in [1.807, 2.05) is 59.5 Å². The molecule has 0 spiro atoms. The molecular weight excluding hydrogens is 880 g/mol. The van der Waals surface area contributed by atoms with Crippen molar-refractivity contribution in [3.63, 3.8) is 0 Å². The Morgan fingerprint density at radius 1 is 0.406 bits per heavy atom. The molecule has 13 rings (SSSR count). The summed E-state index contributed by atoms with van der Waals surface area (Å²) in [5.41, 5.74) is 19.0. The second-order valence-corrected chi connectivity index (χ2v) is 24.3. The molecule has 69 heavy (non-hydrogen) atoms. The molecule has 0 saturated heterocycles. The molecule has 0 atom stereocenters. The van der Waals surface area contributed by atoms with Gasteiger partial charge in [0.15, 0.2) is 0 Å². The summed E-state index contributed by atoms with van der Waals surface area (Å²) in [6.45, 7) is 21.1. The Labute approximate surface area is 412 Å². The van der Waals surface area contributed by atoms with E-state index < -0.39 is 0 Å². The number of fused-ring (bicyclic) bond motifs is 10. The Morgan fingerprint density at radius 2 is 0.812 bits per heavy atom. The van der Waals surface area contributed by atoms with Crippen LogP contribution in [0.4, 0.5) is 32.8 Å². The van der Waals surface area contributed by atoms with Crippen molar-refractivity contribution in [1.29, 1.82) is 0 Å². The summed E-state index contributed by atoms with van der Waals surface area (Å²) in [6, 6.07) is 54.6. The van der Waals surface area contributed by atoms with Gasteiger partial charge in [0.1, 0.15) is 11.2 Å². The van der Waals surface area contributed by atoms with Crippen LogP contribution in [-0.2, 0) is 16.2 Å². The predicted molar refractivity (Wildman–Crippen MR) is 298 cm³/mol. The van der Waals surface area contributed by atoms with Gasteiger partial charge in [0.05, 0.1) is 22.5 Å². The maximum atomic E-state index is 6.05. The van der Waals surface area contributed by atoms with Crippen molar-refractivity contribution in [2.45, 2.75) is 78.6 Å². The van der Waals surface area contributed by atoms with Crippen LogP contribution in [0, 0.1) is 0 Å². The van der Waals surface area contributed by atoms with Gasteiger partial charge in [-0.15, -0.1) is 22.7 Å². The monoisotopic (exact) mass is 932 g/mol. The van der Waals surface area contributed by atoms with Gasteiger partial charge in [-0.05, 0) is 132 Å². The van der Waals surface area contributed by atoms with Crippen LogP contribution in [0.3, 0.4) is 0 Å². The molecule has 0 N–H and O–H groups in total. The van der Waals surface area contributed by atoms with E-state index in [9.17, 15) is 0 Å². The fourth-order valence-electron chi connectivity index (χ4n) is 10.9. The fourth-order valence-corrected chi connectivity index (χ4v) is 13.4. The third kappa shape index (κ3) is 6.53. The van der Waals surface area contributed by atoms with Crippen molar-refractivity contribution >= 4 is 121 Å². The number of benzene rings is 7. The second-order valence-electron chi connectivity index (χ2n) is 22.2. The standard InChI is InChI=1S/C62H53BN2O2S2/c1-60(2,3)38-22-28-53-45(30-38)55-58(68-53)64(41-24-18-36(19-25-41)47-34-66-51-16-12-10-14-43(47)51)49-32-40(62(7,8)9)33-50-57(49)63(55)56-46-31-39(61(4,5)6)23-29-54(46)69-59(56)65(50)42-26-20-37(21-27-42)48-35-67-52-17-13-11-15-44(48)52/h10-35H,1-9H3. The van der Waals surface area contributed by atoms with E-state index in [1.165, 1.54) is 74.6 Å². The van der Waals surface area contributed by atoms with Crippen LogP contribution in [0.15, 0.2) is 167 Å². The Balaban J connectivity index is 1.11. The number of thiophene rings is 2. The SMILES string of the molecule is CC(C)(C)c1cc2c3c(c1)N(c1ccc(-c4coc5ccccc45)cc1)c1sc4ccc(C(C)(C)C)cc4c1B3c1c(sc3ccc(C(C)(C)C)cc13)N2c1ccc(-c2coc3ccccc23)cc1. The summed E-state index contributed by atoms with van der Waals surface area (Å²) in [5.74, 6) is 0. The van der Waals surface area contributed by atoms with Gasteiger partial charge in [-0.3, -0.25) is 0 Å². The molecule has 7 heteroatoms. The quantitative estimate of drug-likeness (QED) is 0.165. The lowest BCUT2D eigenvalue weighted by molar-refractivity contribution is 0.590. The Morgan fingerprint density at radius 3 is 1.22 bits per heavy atom. The fraction of sp³-hybridized carbons (Fsp3) is 0.194. The summed E-state index contributed by atoms with van der Waals surface area (Å²) >= 11 is 3.87. The third-order valence-corrected chi connectivity index (χ3v) is 17.1. The first-order chi connectivity index (χ1) is 33.1. The van der Waals surface area contributed by atoms with Crippen molar-refractivity contribution in [2.24, 2.45) is 0 Å². The average molecular weight is 933 g/mol. The van der Waals surface area contributed by atoms with E-state index in [2.05, 4.69) is 193 Å². The molecule has 7 aromatic carbocycles. The van der Waals surface area contributed by atoms with Gasteiger partial charge < -0.3 is 18.6 Å². The van der Waals surface area contributed by atoms with E-state index >= 15 is 0 Å².